The van der Waals surface area contributed by atoms with Crippen molar-refractivity contribution in [2.45, 2.75) is 124 Å². The molecule has 0 bridgehead atoms. The first-order chi connectivity index (χ1) is 31.0. The van der Waals surface area contributed by atoms with Crippen LogP contribution in [-0.2, 0) is 54.5 Å². The zero-order valence-electron chi connectivity index (χ0n) is 37.0. The van der Waals surface area contributed by atoms with Crippen molar-refractivity contribution in [3.8, 4) is 0 Å². The SMILES string of the molecule is C[C@H](CCC(=O)OCCCC(=O)OC(C(F)(F)F)C(F)(F)S(=O)(=O)[O-])[C@H]1CC[C@H]2[C@@H]3C(=O)C[C@@H]4CC(=O)CC[C@]4(C)[C@H]3CC(=O)[C@]12C.c1ccc([S+](c2ccccc2)c2ccccc2)cc1. The van der Waals surface area contributed by atoms with Gasteiger partial charge < -0.3 is 14.0 Å². The monoisotopic (exact) mass is 962 g/mol. The molecule has 0 aliphatic heterocycles. The highest BCUT2D eigenvalue weighted by Crippen LogP contribution is 2.66. The van der Waals surface area contributed by atoms with E-state index in [1.165, 1.54) is 14.7 Å². The molecule has 0 aromatic heterocycles. The van der Waals surface area contributed by atoms with Crippen molar-refractivity contribution in [3.05, 3.63) is 91.0 Å². The highest BCUT2D eigenvalue weighted by molar-refractivity contribution is 7.97. The van der Waals surface area contributed by atoms with Crippen LogP contribution in [0.4, 0.5) is 22.0 Å². The maximum absolute atomic E-state index is 13.9. The van der Waals surface area contributed by atoms with Gasteiger partial charge in [0.15, 0.2) is 24.8 Å². The molecule has 3 aromatic carbocycles. The van der Waals surface area contributed by atoms with Crippen molar-refractivity contribution < 1.29 is 68.4 Å². The Kier molecular flexibility index (Phi) is 15.7. The van der Waals surface area contributed by atoms with Crippen LogP contribution in [-0.4, -0.2) is 66.4 Å². The number of hydrogen-bond donors (Lipinski definition) is 0. The molecule has 0 amide bonds. The standard InChI is InChI=1S/C31H41F5O10S.C18H15S/c1-16(6-9-24(40)45-12-4-5-25(41)46-27(30(32,33)34)31(35,36)47(42,43)44)19-7-8-20-26-21(15-23(39)29(19,20)3)28(2)11-10-18(37)13-17(28)14-22(26)38;1-4-10-16(11-5-1)19(17-12-6-2-7-13-17)18-14-8-3-9-15-18/h16-17,19-21,26-27H,4-15H2,1-3H3,(H,42,43,44);1-15H/q;+1/p-1/t16-,17+,19-,20+,21+,26+,27?,28+,29-;/m1./s1. The minimum Gasteiger partial charge on any atom is -0.743 e. The maximum atomic E-state index is 13.9. The van der Waals surface area contributed by atoms with Crippen LogP contribution >= 0.6 is 0 Å². The number of ketones is 3. The van der Waals surface area contributed by atoms with Crippen molar-refractivity contribution in [1.29, 1.82) is 0 Å². The van der Waals surface area contributed by atoms with Gasteiger partial charge in [-0.15, -0.1) is 0 Å². The zero-order chi connectivity index (χ0) is 48.2. The first-order valence-corrected chi connectivity index (χ1v) is 24.9. The second-order valence-electron chi connectivity index (χ2n) is 18.5. The number of rotatable bonds is 14. The van der Waals surface area contributed by atoms with Gasteiger partial charge in [0.1, 0.15) is 17.3 Å². The van der Waals surface area contributed by atoms with Crippen LogP contribution in [0.15, 0.2) is 106 Å². The van der Waals surface area contributed by atoms with Crippen LogP contribution in [0.5, 0.6) is 0 Å². The van der Waals surface area contributed by atoms with Gasteiger partial charge in [-0.3, -0.25) is 24.0 Å². The Morgan fingerprint density at radius 1 is 0.788 bits per heavy atom. The molecule has 1 unspecified atom stereocenters. The Balaban J connectivity index is 0.000000312. The van der Waals surface area contributed by atoms with E-state index in [4.69, 9.17) is 4.74 Å². The zero-order valence-corrected chi connectivity index (χ0v) is 38.6. The molecule has 0 spiro atoms. The number of carbonyl (C=O) groups excluding carboxylic acids is 5. The normalized spacial score (nSPS) is 27.4. The summed E-state index contributed by atoms with van der Waals surface area (Å²) in [4.78, 5) is 67.8. The van der Waals surface area contributed by atoms with Gasteiger partial charge in [-0.1, -0.05) is 75.4 Å². The van der Waals surface area contributed by atoms with Crippen molar-refractivity contribution in [3.63, 3.8) is 0 Å². The maximum Gasteiger partial charge on any atom is 0.432 e. The lowest BCUT2D eigenvalue weighted by molar-refractivity contribution is -0.259. The third kappa shape index (κ3) is 10.8. The van der Waals surface area contributed by atoms with Crippen LogP contribution in [0.1, 0.15) is 91.4 Å². The van der Waals surface area contributed by atoms with Crippen LogP contribution in [0.2, 0.25) is 0 Å². The number of Topliss-reactive ketones (excluding diaryl/α,β-unsaturated/α-hetero) is 3. The number of ether oxygens (including phenoxy) is 2. The summed E-state index contributed by atoms with van der Waals surface area (Å²) < 4.78 is 106. The van der Waals surface area contributed by atoms with Crippen molar-refractivity contribution in [2.75, 3.05) is 6.61 Å². The average molecular weight is 963 g/mol. The summed E-state index contributed by atoms with van der Waals surface area (Å²) in [7, 11) is -6.82. The van der Waals surface area contributed by atoms with Gasteiger partial charge in [-0.25, -0.2) is 8.42 Å². The van der Waals surface area contributed by atoms with E-state index in [1.807, 2.05) is 13.8 Å². The lowest BCUT2D eigenvalue weighted by Crippen LogP contribution is -2.60. The molecule has 9 atom stereocenters. The van der Waals surface area contributed by atoms with Gasteiger partial charge in [0.2, 0.25) is 0 Å². The number of alkyl halides is 5. The molecular formula is C49H55F5O10S2. The third-order valence-electron chi connectivity index (χ3n) is 14.6. The Bertz CT molecular complexity index is 2240. The van der Waals surface area contributed by atoms with E-state index >= 15 is 0 Å². The Hall–Kier alpha value is -4.48. The molecule has 7 rings (SSSR count). The van der Waals surface area contributed by atoms with E-state index in [2.05, 4.69) is 103 Å². The van der Waals surface area contributed by atoms with Crippen LogP contribution < -0.4 is 0 Å². The summed E-state index contributed by atoms with van der Waals surface area (Å²) >= 11 is 0. The number of benzene rings is 3. The second kappa shape index (κ2) is 20.4. The number of hydrogen-bond acceptors (Lipinski definition) is 10. The Labute approximate surface area is 384 Å². The smallest absolute Gasteiger partial charge is 0.432 e. The molecule has 3 aromatic rings. The molecule has 358 valence electrons. The van der Waals surface area contributed by atoms with Gasteiger partial charge >= 0.3 is 23.4 Å². The molecule has 0 heterocycles. The summed E-state index contributed by atoms with van der Waals surface area (Å²) in [5.41, 5.74) is -0.985. The highest BCUT2D eigenvalue weighted by atomic mass is 32.2. The van der Waals surface area contributed by atoms with E-state index < -0.39 is 64.5 Å². The first kappa shape index (κ1) is 50.9. The van der Waals surface area contributed by atoms with E-state index in [9.17, 15) is 58.9 Å². The van der Waals surface area contributed by atoms with Crippen molar-refractivity contribution in [1.82, 2.24) is 0 Å². The Morgan fingerprint density at radius 3 is 1.85 bits per heavy atom. The topological polar surface area (TPSA) is 161 Å². The molecule has 4 saturated carbocycles. The summed E-state index contributed by atoms with van der Waals surface area (Å²) in [6.45, 7) is 5.50. The van der Waals surface area contributed by atoms with Gasteiger partial charge in [0, 0.05) is 49.9 Å². The van der Waals surface area contributed by atoms with E-state index in [0.717, 1.165) is 0 Å². The number of carbonyl (C=O) groups is 5. The van der Waals surface area contributed by atoms with E-state index in [0.29, 0.717) is 44.9 Å². The minimum atomic E-state index is -6.81. The fourth-order valence-corrected chi connectivity index (χ4v) is 13.7. The molecular weight excluding hydrogens is 908 g/mol. The quantitative estimate of drug-likeness (QED) is 0.0500. The predicted octanol–water partition coefficient (Wildman–Crippen LogP) is 9.71. The lowest BCUT2D eigenvalue weighted by Gasteiger charge is -2.58. The minimum absolute atomic E-state index is 0.0146. The molecule has 0 N–H and O–H groups in total. The van der Waals surface area contributed by atoms with E-state index in [-0.39, 0.29) is 82.0 Å². The molecule has 4 fully saturated rings. The van der Waals surface area contributed by atoms with Gasteiger partial charge in [0.25, 0.3) is 6.10 Å². The van der Waals surface area contributed by atoms with Gasteiger partial charge in [0.05, 0.1) is 17.5 Å². The lowest BCUT2D eigenvalue weighted by atomic mass is 9.44. The van der Waals surface area contributed by atoms with Crippen LogP contribution in [0.3, 0.4) is 0 Å². The summed E-state index contributed by atoms with van der Waals surface area (Å²) in [5.74, 6) is -2.87. The third-order valence-corrected chi connectivity index (χ3v) is 17.7. The summed E-state index contributed by atoms with van der Waals surface area (Å²) in [6, 6.07) is 32.2. The number of esters is 2. The highest BCUT2D eigenvalue weighted by Gasteiger charge is 2.66. The van der Waals surface area contributed by atoms with Crippen LogP contribution in [0.25, 0.3) is 0 Å². The van der Waals surface area contributed by atoms with Crippen LogP contribution in [0, 0.1) is 46.3 Å². The average Bonchev–Trinajstić information content (AvgIpc) is 3.63. The molecule has 0 saturated heterocycles. The molecule has 0 radical (unpaired) electrons. The van der Waals surface area contributed by atoms with E-state index in [1.54, 1.807) is 0 Å². The second-order valence-corrected chi connectivity index (χ2v) is 21.9. The van der Waals surface area contributed by atoms with Gasteiger partial charge in [-0.05, 0) is 104 Å². The molecule has 17 heteroatoms. The number of fused-ring (bicyclic) bond motifs is 5. The molecule has 66 heavy (non-hydrogen) atoms. The fraction of sp³-hybridized carbons (Fsp3) is 0.531. The molecule has 4 aliphatic rings. The van der Waals surface area contributed by atoms with Gasteiger partial charge in [-0.2, -0.15) is 22.0 Å². The van der Waals surface area contributed by atoms with Crippen molar-refractivity contribution >= 4 is 50.3 Å². The molecule has 10 nitrogen and oxygen atoms in total. The first-order valence-electron chi connectivity index (χ1n) is 22.2. The van der Waals surface area contributed by atoms with Crippen molar-refractivity contribution in [2.24, 2.45) is 46.3 Å². The predicted molar refractivity (Wildman–Crippen MR) is 232 cm³/mol. The molecule has 4 aliphatic carbocycles. The number of halogens is 5. The summed E-state index contributed by atoms with van der Waals surface area (Å²) in [6.07, 6.45) is -8.10. The summed E-state index contributed by atoms with van der Waals surface area (Å²) in [5, 5.41) is -5.95. The fourth-order valence-electron chi connectivity index (χ4n) is 11.1. The Morgan fingerprint density at radius 2 is 1.33 bits per heavy atom. The largest absolute Gasteiger partial charge is 0.743 e.